The van der Waals surface area contributed by atoms with Gasteiger partial charge in [-0.05, 0) is 60.9 Å². The van der Waals surface area contributed by atoms with Crippen LogP contribution in [0, 0.1) is 11.3 Å². The van der Waals surface area contributed by atoms with Crippen LogP contribution >= 0.6 is 0 Å². The van der Waals surface area contributed by atoms with Gasteiger partial charge >= 0.3 is 0 Å². The minimum absolute atomic E-state index is 0.0856. The SMILES string of the molecule is C=CC(C)C1=CC2(C=C1c1ccc(S(N)(=O)=O)cc1)CC2.CC/C=C(\C)F. The van der Waals surface area contributed by atoms with Gasteiger partial charge in [-0.2, -0.15) is 0 Å². The van der Waals surface area contributed by atoms with Crippen molar-refractivity contribution < 1.29 is 12.8 Å². The quantitative estimate of drug-likeness (QED) is 0.673. The molecule has 2 aliphatic carbocycles. The normalized spacial score (nSPS) is 18.9. The Bertz CT molecular complexity index is 885. The maximum Gasteiger partial charge on any atom is 0.238 e. The number of nitrogens with two attached hydrogens (primary N) is 1. The summed E-state index contributed by atoms with van der Waals surface area (Å²) in [4.78, 5) is 0.147. The summed E-state index contributed by atoms with van der Waals surface area (Å²) in [5.74, 6) is 0.201. The second-order valence-electron chi connectivity index (χ2n) is 7.18. The van der Waals surface area contributed by atoms with Crippen LogP contribution in [0.25, 0.3) is 5.57 Å². The Kier molecular flexibility index (Phi) is 6.60. The lowest BCUT2D eigenvalue weighted by Gasteiger charge is -2.13. The van der Waals surface area contributed by atoms with Crippen LogP contribution in [0.15, 0.2) is 71.4 Å². The molecule has 1 atom stereocenters. The van der Waals surface area contributed by atoms with Crippen LogP contribution in [0.2, 0.25) is 0 Å². The molecule has 1 saturated carbocycles. The van der Waals surface area contributed by atoms with Gasteiger partial charge in [-0.1, -0.05) is 50.3 Å². The number of rotatable bonds is 5. The van der Waals surface area contributed by atoms with Crippen LogP contribution in [0.1, 0.15) is 45.6 Å². The van der Waals surface area contributed by atoms with E-state index >= 15 is 0 Å². The van der Waals surface area contributed by atoms with Crippen molar-refractivity contribution in [1.82, 2.24) is 0 Å². The van der Waals surface area contributed by atoms with Crippen molar-refractivity contribution in [3.8, 4) is 0 Å². The zero-order chi connectivity index (χ0) is 20.2. The minimum atomic E-state index is -3.64. The van der Waals surface area contributed by atoms with Gasteiger partial charge in [0.25, 0.3) is 0 Å². The molecular weight excluding hydrogens is 361 g/mol. The van der Waals surface area contributed by atoms with E-state index in [1.807, 2.05) is 25.1 Å². The van der Waals surface area contributed by atoms with Gasteiger partial charge in [0.05, 0.1) is 10.7 Å². The molecule has 146 valence electrons. The highest BCUT2D eigenvalue weighted by Gasteiger charge is 2.43. The van der Waals surface area contributed by atoms with Gasteiger partial charge in [0.1, 0.15) is 0 Å². The minimum Gasteiger partial charge on any atom is -0.225 e. The summed E-state index contributed by atoms with van der Waals surface area (Å²) in [6, 6.07) is 6.80. The predicted octanol–water partition coefficient (Wildman–Crippen LogP) is 5.53. The Hall–Kier alpha value is -1.98. The van der Waals surface area contributed by atoms with Gasteiger partial charge in [0.15, 0.2) is 0 Å². The molecule has 0 aliphatic heterocycles. The lowest BCUT2D eigenvalue weighted by atomic mass is 9.92. The molecular formula is C22H28FNO2S. The van der Waals surface area contributed by atoms with E-state index in [0.29, 0.717) is 0 Å². The van der Waals surface area contributed by atoms with E-state index in [-0.39, 0.29) is 22.1 Å². The summed E-state index contributed by atoms with van der Waals surface area (Å²) in [6.07, 6.45) is 11.3. The van der Waals surface area contributed by atoms with Crippen LogP contribution < -0.4 is 5.14 Å². The average Bonchev–Trinajstić information content (AvgIpc) is 3.24. The summed E-state index contributed by atoms with van der Waals surface area (Å²) in [5, 5.41) is 5.14. The number of hydrogen-bond acceptors (Lipinski definition) is 2. The van der Waals surface area contributed by atoms with Crippen LogP contribution in [-0.4, -0.2) is 8.42 Å². The smallest absolute Gasteiger partial charge is 0.225 e. The summed E-state index contributed by atoms with van der Waals surface area (Å²) in [6.45, 7) is 9.37. The summed E-state index contributed by atoms with van der Waals surface area (Å²) in [5.41, 5.74) is 3.75. The first kappa shape index (κ1) is 21.3. The molecule has 0 heterocycles. The van der Waals surface area contributed by atoms with E-state index in [1.165, 1.54) is 30.9 Å². The molecule has 0 aromatic heterocycles. The van der Waals surface area contributed by atoms with Crippen LogP contribution in [0.4, 0.5) is 4.39 Å². The van der Waals surface area contributed by atoms with E-state index in [4.69, 9.17) is 5.14 Å². The molecule has 0 bridgehead atoms. The lowest BCUT2D eigenvalue weighted by molar-refractivity contribution is 0.598. The topological polar surface area (TPSA) is 60.2 Å². The summed E-state index contributed by atoms with van der Waals surface area (Å²) >= 11 is 0. The molecule has 0 amide bonds. The largest absolute Gasteiger partial charge is 0.238 e. The fraction of sp³-hybridized carbons (Fsp3) is 0.364. The monoisotopic (exact) mass is 389 g/mol. The molecule has 1 unspecified atom stereocenters. The van der Waals surface area contributed by atoms with Gasteiger partial charge in [-0.15, -0.1) is 6.58 Å². The van der Waals surface area contributed by atoms with Crippen LogP contribution in [0.3, 0.4) is 0 Å². The molecule has 2 N–H and O–H groups in total. The Morgan fingerprint density at radius 1 is 1.30 bits per heavy atom. The fourth-order valence-corrected chi connectivity index (χ4v) is 3.61. The average molecular weight is 390 g/mol. The maximum atomic E-state index is 11.6. The number of benzene rings is 1. The Balaban J connectivity index is 0.000000380. The molecule has 27 heavy (non-hydrogen) atoms. The van der Waals surface area contributed by atoms with Gasteiger partial charge in [-0.3, -0.25) is 0 Å². The van der Waals surface area contributed by atoms with Crippen molar-refractivity contribution in [2.24, 2.45) is 16.5 Å². The Labute approximate surface area is 162 Å². The van der Waals surface area contributed by atoms with Crippen LogP contribution in [0.5, 0.6) is 0 Å². The van der Waals surface area contributed by atoms with Crippen molar-refractivity contribution in [2.75, 3.05) is 0 Å². The molecule has 3 rings (SSSR count). The van der Waals surface area contributed by atoms with E-state index in [0.717, 1.165) is 12.0 Å². The molecule has 2 aliphatic rings. The predicted molar refractivity (Wildman–Crippen MR) is 110 cm³/mol. The third kappa shape index (κ3) is 5.50. The zero-order valence-corrected chi connectivity index (χ0v) is 17.0. The molecule has 5 heteroatoms. The Morgan fingerprint density at radius 3 is 2.26 bits per heavy atom. The summed E-state index contributed by atoms with van der Waals surface area (Å²) < 4.78 is 34.2. The van der Waals surface area contributed by atoms with Crippen molar-refractivity contribution in [1.29, 1.82) is 0 Å². The zero-order valence-electron chi connectivity index (χ0n) is 16.2. The molecule has 1 aromatic rings. The molecule has 1 aromatic carbocycles. The standard InChI is InChI=1S/C17H19NO2S.C5H9F/c1-3-12(2)15-10-17(8-9-17)11-16(15)13-4-6-14(7-5-13)21(18,19)20;1-3-4-5(2)6/h3-7,10-12H,1,8-9H2,2H3,(H2,18,19,20);4H,3H2,1-2H3/b;5-4+. The first-order chi connectivity index (χ1) is 12.6. The molecule has 1 spiro atoms. The molecule has 0 saturated heterocycles. The number of sulfonamides is 1. The number of allylic oxidation sites excluding steroid dienone is 7. The van der Waals surface area contributed by atoms with Crippen molar-refractivity contribution in [3.05, 3.63) is 72.1 Å². The lowest BCUT2D eigenvalue weighted by Crippen LogP contribution is -2.11. The van der Waals surface area contributed by atoms with E-state index in [1.54, 1.807) is 18.2 Å². The van der Waals surface area contributed by atoms with Gasteiger partial charge in [-0.25, -0.2) is 17.9 Å². The van der Waals surface area contributed by atoms with E-state index < -0.39 is 10.0 Å². The third-order valence-electron chi connectivity index (χ3n) is 4.84. The number of halogens is 1. The van der Waals surface area contributed by atoms with Crippen LogP contribution in [-0.2, 0) is 10.0 Å². The maximum absolute atomic E-state index is 11.6. The highest BCUT2D eigenvalue weighted by molar-refractivity contribution is 7.89. The second kappa shape index (κ2) is 8.36. The Morgan fingerprint density at radius 2 is 1.89 bits per heavy atom. The summed E-state index contributed by atoms with van der Waals surface area (Å²) in [7, 11) is -3.64. The third-order valence-corrected chi connectivity index (χ3v) is 5.77. The molecule has 3 nitrogen and oxygen atoms in total. The molecule has 1 fully saturated rings. The number of hydrogen-bond donors (Lipinski definition) is 1. The first-order valence-corrected chi connectivity index (χ1v) is 10.7. The van der Waals surface area contributed by atoms with E-state index in [2.05, 4.69) is 25.7 Å². The van der Waals surface area contributed by atoms with Crippen molar-refractivity contribution in [2.45, 2.75) is 44.9 Å². The highest BCUT2D eigenvalue weighted by atomic mass is 32.2. The van der Waals surface area contributed by atoms with Crippen molar-refractivity contribution in [3.63, 3.8) is 0 Å². The van der Waals surface area contributed by atoms with E-state index in [9.17, 15) is 12.8 Å². The first-order valence-electron chi connectivity index (χ1n) is 9.16. The molecule has 0 radical (unpaired) electrons. The highest BCUT2D eigenvalue weighted by Crippen LogP contribution is 2.56. The number of primary sulfonamides is 1. The van der Waals surface area contributed by atoms with Gasteiger partial charge < -0.3 is 0 Å². The van der Waals surface area contributed by atoms with Crippen molar-refractivity contribution >= 4 is 15.6 Å². The van der Waals surface area contributed by atoms with Gasteiger partial charge in [0.2, 0.25) is 10.0 Å². The van der Waals surface area contributed by atoms with Gasteiger partial charge in [0, 0.05) is 5.41 Å². The fourth-order valence-electron chi connectivity index (χ4n) is 3.09. The second-order valence-corrected chi connectivity index (χ2v) is 8.75.